The summed E-state index contributed by atoms with van der Waals surface area (Å²) < 4.78 is 13.1. The molecule has 5 atom stereocenters. The van der Waals surface area contributed by atoms with Gasteiger partial charge in [-0.15, -0.1) is 0 Å². The van der Waals surface area contributed by atoms with E-state index in [1.165, 1.54) is 16.8 Å². The molecule has 1 aromatic carbocycles. The van der Waals surface area contributed by atoms with Gasteiger partial charge < -0.3 is 24.6 Å². The molecule has 2 saturated heterocycles. The number of hydrogen-bond donors (Lipinski definition) is 1. The number of amides is 2. The van der Waals surface area contributed by atoms with Crippen molar-refractivity contribution in [1.29, 1.82) is 0 Å². The first-order valence-corrected chi connectivity index (χ1v) is 14.2. The first-order valence-electron chi connectivity index (χ1n) is 14.2. The van der Waals surface area contributed by atoms with E-state index in [0.29, 0.717) is 18.6 Å². The number of ether oxygens (including phenoxy) is 2. The van der Waals surface area contributed by atoms with Gasteiger partial charge in [-0.25, -0.2) is 0 Å². The molecule has 0 aromatic heterocycles. The van der Waals surface area contributed by atoms with E-state index in [-0.39, 0.29) is 42.0 Å². The van der Waals surface area contributed by atoms with E-state index in [0.717, 1.165) is 38.5 Å². The molecule has 7 nitrogen and oxygen atoms in total. The van der Waals surface area contributed by atoms with E-state index >= 15 is 0 Å². The largest absolute Gasteiger partial charge is 0.381 e. The molecule has 2 heterocycles. The highest BCUT2D eigenvalue weighted by molar-refractivity contribution is 5.96. The standard InChI is InChI=1S/C31H43N3O4/c1-20-10-11-24(33(3)4)12-14-26-30(36)34(5)27-15-13-25(38-28(27)19-37-31(20,26)2)18-29(35)32-23-16-21-8-6-7-9-22(21)17-23/h6-9,12,14,20,23,25,27-28H,10-11,13,15-19H2,1-5H3,(H,32,35)/b24-12+,26-14-/t20?,25-,27-,28-,31?/m0/s1. The van der Waals surface area contributed by atoms with E-state index in [9.17, 15) is 9.59 Å². The SMILES string of the molecule is CC1CC/C(N(C)C)=C\C=C2\C(=O)N(C)[C@H]3CC[C@@H](CC(=O)NC4Cc5ccccc5C4)O[C@H]3COC21C. The summed E-state index contributed by atoms with van der Waals surface area (Å²) in [6.07, 6.45) is 9.13. The van der Waals surface area contributed by atoms with Crippen LogP contribution >= 0.6 is 0 Å². The van der Waals surface area contributed by atoms with Crippen molar-refractivity contribution in [3.05, 3.63) is 58.8 Å². The van der Waals surface area contributed by atoms with Crippen molar-refractivity contribution in [3.63, 3.8) is 0 Å². The molecule has 7 heteroatoms. The second-order valence-electron chi connectivity index (χ2n) is 12.0. The van der Waals surface area contributed by atoms with Crippen LogP contribution in [0.4, 0.5) is 0 Å². The van der Waals surface area contributed by atoms with Gasteiger partial charge in [0.25, 0.3) is 5.91 Å². The van der Waals surface area contributed by atoms with Gasteiger partial charge in [0, 0.05) is 38.5 Å². The summed E-state index contributed by atoms with van der Waals surface area (Å²) in [5, 5.41) is 3.23. The Bertz CT molecular complexity index is 1100. The second-order valence-corrected chi connectivity index (χ2v) is 12.0. The topological polar surface area (TPSA) is 71.1 Å². The molecule has 1 aromatic rings. The molecule has 0 saturated carbocycles. The summed E-state index contributed by atoms with van der Waals surface area (Å²) in [5.74, 6) is 0.203. The summed E-state index contributed by atoms with van der Waals surface area (Å²) in [6.45, 7) is 4.63. The van der Waals surface area contributed by atoms with Crippen molar-refractivity contribution >= 4 is 11.8 Å². The predicted octanol–water partition coefficient (Wildman–Crippen LogP) is 3.63. The Morgan fingerprint density at radius 2 is 1.84 bits per heavy atom. The van der Waals surface area contributed by atoms with Crippen molar-refractivity contribution in [2.24, 2.45) is 5.92 Å². The zero-order valence-electron chi connectivity index (χ0n) is 23.5. The monoisotopic (exact) mass is 521 g/mol. The van der Waals surface area contributed by atoms with Gasteiger partial charge in [-0.2, -0.15) is 0 Å². The molecule has 206 valence electrons. The number of nitrogens with one attached hydrogen (secondary N) is 1. The van der Waals surface area contributed by atoms with Gasteiger partial charge in [-0.05, 0) is 74.6 Å². The first-order chi connectivity index (χ1) is 18.2. The minimum absolute atomic E-state index is 0.00546. The van der Waals surface area contributed by atoms with Crippen molar-refractivity contribution in [2.45, 2.75) is 88.7 Å². The molecule has 2 amide bonds. The van der Waals surface area contributed by atoms with E-state index in [2.05, 4.69) is 54.4 Å². The van der Waals surface area contributed by atoms with Crippen LogP contribution in [0.2, 0.25) is 0 Å². The molecular formula is C31H43N3O4. The third-order valence-electron chi connectivity index (χ3n) is 9.33. The lowest BCUT2D eigenvalue weighted by Gasteiger charge is -2.48. The van der Waals surface area contributed by atoms with Crippen molar-refractivity contribution in [2.75, 3.05) is 27.7 Å². The van der Waals surface area contributed by atoms with Gasteiger partial charge in [-0.1, -0.05) is 31.2 Å². The average Bonchev–Trinajstić information content (AvgIpc) is 3.29. The van der Waals surface area contributed by atoms with Gasteiger partial charge in [-0.3, -0.25) is 9.59 Å². The van der Waals surface area contributed by atoms with Crippen LogP contribution in [0.5, 0.6) is 0 Å². The third kappa shape index (κ3) is 5.28. The van der Waals surface area contributed by atoms with Crippen LogP contribution in [0.25, 0.3) is 0 Å². The van der Waals surface area contributed by atoms with Crippen molar-refractivity contribution in [1.82, 2.24) is 15.1 Å². The molecule has 2 aliphatic carbocycles. The Kier molecular flexibility index (Phi) is 7.70. The fraction of sp³-hybridized carbons (Fsp3) is 0.613. The van der Waals surface area contributed by atoms with Crippen molar-refractivity contribution < 1.29 is 19.1 Å². The van der Waals surface area contributed by atoms with Crippen LogP contribution in [0.3, 0.4) is 0 Å². The van der Waals surface area contributed by atoms with Crippen LogP contribution in [-0.2, 0) is 31.9 Å². The summed E-state index contributed by atoms with van der Waals surface area (Å²) in [7, 11) is 5.98. The van der Waals surface area contributed by atoms with E-state index in [1.54, 1.807) is 0 Å². The Balaban J connectivity index is 1.26. The normalized spacial score (nSPS) is 34.7. The van der Waals surface area contributed by atoms with Crippen LogP contribution in [-0.4, -0.2) is 79.3 Å². The summed E-state index contributed by atoms with van der Waals surface area (Å²) >= 11 is 0. The lowest BCUT2D eigenvalue weighted by molar-refractivity contribution is -0.176. The Hall–Kier alpha value is -2.64. The zero-order chi connectivity index (χ0) is 27.0. The summed E-state index contributed by atoms with van der Waals surface area (Å²) in [4.78, 5) is 30.8. The molecule has 1 N–H and O–H groups in total. The van der Waals surface area contributed by atoms with Crippen molar-refractivity contribution in [3.8, 4) is 0 Å². The number of benzene rings is 1. The Labute approximate surface area is 227 Å². The second kappa shape index (κ2) is 10.9. The Morgan fingerprint density at radius 3 is 2.53 bits per heavy atom. The van der Waals surface area contributed by atoms with Crippen LogP contribution in [0.15, 0.2) is 47.7 Å². The van der Waals surface area contributed by atoms with Gasteiger partial charge in [0.2, 0.25) is 5.91 Å². The minimum Gasteiger partial charge on any atom is -0.381 e. The maximum Gasteiger partial charge on any atom is 0.252 e. The number of carbonyl (C=O) groups excluding carboxylic acids is 2. The number of hydrogen-bond acceptors (Lipinski definition) is 5. The van der Waals surface area contributed by atoms with Gasteiger partial charge >= 0.3 is 0 Å². The van der Waals surface area contributed by atoms with E-state index in [1.807, 2.05) is 32.1 Å². The number of rotatable bonds is 4. The summed E-state index contributed by atoms with van der Waals surface area (Å²) in [6, 6.07) is 8.49. The lowest BCUT2D eigenvalue weighted by atomic mass is 9.77. The molecule has 38 heavy (non-hydrogen) atoms. The summed E-state index contributed by atoms with van der Waals surface area (Å²) in [5.41, 5.74) is 3.88. The van der Waals surface area contributed by atoms with Crippen LogP contribution in [0.1, 0.15) is 57.1 Å². The van der Waals surface area contributed by atoms with Gasteiger partial charge in [0.05, 0.1) is 30.8 Å². The molecule has 0 bridgehead atoms. The van der Waals surface area contributed by atoms with Crippen LogP contribution in [0, 0.1) is 5.92 Å². The van der Waals surface area contributed by atoms with Gasteiger partial charge in [0.15, 0.2) is 0 Å². The molecule has 2 unspecified atom stereocenters. The van der Waals surface area contributed by atoms with E-state index < -0.39 is 5.60 Å². The molecule has 0 radical (unpaired) electrons. The van der Waals surface area contributed by atoms with E-state index in [4.69, 9.17) is 9.47 Å². The molecule has 4 aliphatic rings. The number of allylic oxidation sites excluding steroid dienone is 3. The van der Waals surface area contributed by atoms with Gasteiger partial charge in [0.1, 0.15) is 6.10 Å². The highest BCUT2D eigenvalue weighted by atomic mass is 16.6. The molecule has 2 aliphatic heterocycles. The number of likely N-dealkylation sites (N-methyl/N-ethyl adjacent to an activating group) is 1. The fourth-order valence-corrected chi connectivity index (χ4v) is 6.65. The maximum absolute atomic E-state index is 13.8. The predicted molar refractivity (Wildman–Crippen MR) is 147 cm³/mol. The molecule has 5 rings (SSSR count). The number of fused-ring (bicyclic) bond motifs is 3. The molecular weight excluding hydrogens is 478 g/mol. The quantitative estimate of drug-likeness (QED) is 0.655. The third-order valence-corrected chi connectivity index (χ3v) is 9.33. The number of nitrogens with zero attached hydrogens (tertiary/aromatic N) is 2. The first kappa shape index (κ1) is 26.9. The highest BCUT2D eigenvalue weighted by Crippen LogP contribution is 2.40. The molecule has 2 fully saturated rings. The Morgan fingerprint density at radius 1 is 1.13 bits per heavy atom. The smallest absolute Gasteiger partial charge is 0.252 e. The van der Waals surface area contributed by atoms with Crippen LogP contribution < -0.4 is 5.32 Å². The average molecular weight is 522 g/mol. The lowest BCUT2D eigenvalue weighted by Crippen LogP contribution is -2.58. The molecule has 0 spiro atoms. The minimum atomic E-state index is -0.699. The maximum atomic E-state index is 13.8. The fourth-order valence-electron chi connectivity index (χ4n) is 6.65. The highest BCUT2D eigenvalue weighted by Gasteiger charge is 2.47. The number of carbonyl (C=O) groups is 2. The zero-order valence-corrected chi connectivity index (χ0v) is 23.5.